The van der Waals surface area contributed by atoms with Crippen molar-refractivity contribution in [2.75, 3.05) is 18.9 Å². The number of likely N-dealkylation sites (N-methyl/N-ethyl adjacent to an activating group) is 1. The van der Waals surface area contributed by atoms with Crippen LogP contribution in [0.2, 0.25) is 5.02 Å². The number of amides is 2. The normalized spacial score (nSPS) is 14.0. The maximum Gasteiger partial charge on any atom is 0.417 e. The molecule has 0 aliphatic heterocycles. The maximum atomic E-state index is 12.8. The Morgan fingerprint density at radius 1 is 1.33 bits per heavy atom. The first-order valence-corrected chi connectivity index (χ1v) is 7.48. The zero-order valence-corrected chi connectivity index (χ0v) is 14.2. The summed E-state index contributed by atoms with van der Waals surface area (Å²) < 4.78 is 38.4. The first-order chi connectivity index (χ1) is 10.9. The lowest BCUT2D eigenvalue weighted by molar-refractivity contribution is -0.137. The molecule has 1 rings (SSSR count). The third-order valence-corrected chi connectivity index (χ3v) is 3.82. The molecule has 0 bridgehead atoms. The van der Waals surface area contributed by atoms with Gasteiger partial charge in [-0.2, -0.15) is 13.2 Å². The summed E-state index contributed by atoms with van der Waals surface area (Å²) in [7, 11) is 1.42. The second kappa shape index (κ2) is 7.85. The fourth-order valence-corrected chi connectivity index (χ4v) is 2.11. The van der Waals surface area contributed by atoms with E-state index in [2.05, 4.69) is 5.32 Å². The molecule has 0 radical (unpaired) electrons. The first kappa shape index (κ1) is 20.2. The molecule has 0 saturated heterocycles. The molecule has 5 nitrogen and oxygen atoms in total. The van der Waals surface area contributed by atoms with Crippen molar-refractivity contribution in [3.8, 4) is 0 Å². The van der Waals surface area contributed by atoms with E-state index in [0.717, 1.165) is 12.1 Å². The van der Waals surface area contributed by atoms with Crippen molar-refractivity contribution >= 4 is 29.1 Å². The molecule has 2 amide bonds. The molecule has 0 aliphatic rings. The van der Waals surface area contributed by atoms with Crippen LogP contribution in [-0.4, -0.2) is 36.3 Å². The largest absolute Gasteiger partial charge is 0.417 e. The number of anilines is 1. The van der Waals surface area contributed by atoms with Crippen LogP contribution in [0.1, 0.15) is 19.4 Å². The van der Waals surface area contributed by atoms with E-state index in [1.807, 2.05) is 0 Å². The van der Waals surface area contributed by atoms with Crippen LogP contribution >= 0.6 is 11.6 Å². The highest BCUT2D eigenvalue weighted by Crippen LogP contribution is 2.36. The van der Waals surface area contributed by atoms with Gasteiger partial charge in [-0.05, 0) is 25.1 Å². The number of hydrogen-bond donors (Lipinski definition) is 2. The van der Waals surface area contributed by atoms with Gasteiger partial charge in [0.15, 0.2) is 0 Å². The van der Waals surface area contributed by atoms with E-state index in [4.69, 9.17) is 17.3 Å². The van der Waals surface area contributed by atoms with E-state index in [1.165, 1.54) is 18.0 Å². The molecule has 24 heavy (non-hydrogen) atoms. The molecule has 1 aromatic rings. The fraction of sp³-hybridized carbons (Fsp3) is 0.467. The smallest absolute Gasteiger partial charge is 0.336 e. The van der Waals surface area contributed by atoms with Crippen molar-refractivity contribution in [3.05, 3.63) is 28.8 Å². The predicted molar refractivity (Wildman–Crippen MR) is 85.5 cm³/mol. The van der Waals surface area contributed by atoms with Crippen LogP contribution in [0.25, 0.3) is 0 Å². The number of benzene rings is 1. The summed E-state index contributed by atoms with van der Waals surface area (Å²) >= 11 is 5.51. The number of carbonyl (C=O) groups is 2. The molecule has 0 aromatic heterocycles. The number of nitrogens with zero attached hydrogens (tertiary/aromatic N) is 1. The van der Waals surface area contributed by atoms with E-state index in [9.17, 15) is 22.8 Å². The number of carbonyl (C=O) groups excluding carboxylic acids is 2. The zero-order chi connectivity index (χ0) is 18.7. The second-order valence-electron chi connectivity index (χ2n) is 5.58. The molecule has 0 spiro atoms. The first-order valence-electron chi connectivity index (χ1n) is 7.10. The third-order valence-electron chi connectivity index (χ3n) is 3.49. The molecular weight excluding hydrogens is 347 g/mol. The Hall–Kier alpha value is -1.80. The molecule has 2 unspecified atom stereocenters. The van der Waals surface area contributed by atoms with Gasteiger partial charge in [-0.1, -0.05) is 18.5 Å². The minimum atomic E-state index is -4.63. The van der Waals surface area contributed by atoms with E-state index in [0.29, 0.717) is 0 Å². The standard InChI is InChI=1S/C15H19ClF3N3O2/c1-8(9(2)20)14(24)22(3)7-13(23)21-10-4-5-12(16)11(6-10)15(17,18)19/h4-6,8-9H,7,20H2,1-3H3,(H,21,23). The van der Waals surface area contributed by atoms with E-state index >= 15 is 0 Å². The van der Waals surface area contributed by atoms with Gasteiger partial charge in [0.25, 0.3) is 0 Å². The Bertz CT molecular complexity index is 620. The highest BCUT2D eigenvalue weighted by molar-refractivity contribution is 6.31. The molecule has 0 heterocycles. The molecule has 1 aromatic carbocycles. The van der Waals surface area contributed by atoms with Crippen molar-refractivity contribution in [3.63, 3.8) is 0 Å². The monoisotopic (exact) mass is 365 g/mol. The summed E-state index contributed by atoms with van der Waals surface area (Å²) in [5.74, 6) is -1.43. The van der Waals surface area contributed by atoms with Gasteiger partial charge in [0.2, 0.25) is 11.8 Å². The van der Waals surface area contributed by atoms with Crippen molar-refractivity contribution in [2.45, 2.75) is 26.1 Å². The summed E-state index contributed by atoms with van der Waals surface area (Å²) in [4.78, 5) is 25.1. The Morgan fingerprint density at radius 3 is 2.42 bits per heavy atom. The zero-order valence-electron chi connectivity index (χ0n) is 13.4. The molecule has 0 aliphatic carbocycles. The van der Waals surface area contributed by atoms with Crippen molar-refractivity contribution in [2.24, 2.45) is 11.7 Å². The lowest BCUT2D eigenvalue weighted by Gasteiger charge is -2.23. The Balaban J connectivity index is 2.77. The topological polar surface area (TPSA) is 75.4 Å². The molecular formula is C15H19ClF3N3O2. The number of hydrogen-bond acceptors (Lipinski definition) is 3. The van der Waals surface area contributed by atoms with Crippen LogP contribution in [-0.2, 0) is 15.8 Å². The highest BCUT2D eigenvalue weighted by atomic mass is 35.5. The van der Waals surface area contributed by atoms with Gasteiger partial charge < -0.3 is 16.0 Å². The van der Waals surface area contributed by atoms with E-state index in [1.54, 1.807) is 13.8 Å². The number of rotatable bonds is 5. The van der Waals surface area contributed by atoms with Gasteiger partial charge in [0, 0.05) is 18.8 Å². The summed E-state index contributed by atoms with van der Waals surface area (Å²) in [5, 5.41) is 1.85. The Labute approximate surface area is 142 Å². The van der Waals surface area contributed by atoms with Crippen LogP contribution < -0.4 is 11.1 Å². The lowest BCUT2D eigenvalue weighted by atomic mass is 10.0. The van der Waals surface area contributed by atoms with Crippen LogP contribution in [0.4, 0.5) is 18.9 Å². The van der Waals surface area contributed by atoms with Gasteiger partial charge in [-0.3, -0.25) is 9.59 Å². The van der Waals surface area contributed by atoms with Gasteiger partial charge in [-0.15, -0.1) is 0 Å². The van der Waals surface area contributed by atoms with Gasteiger partial charge in [0.05, 0.1) is 23.0 Å². The average molecular weight is 366 g/mol. The number of nitrogens with two attached hydrogens (primary N) is 1. The number of halogens is 4. The van der Waals surface area contributed by atoms with Gasteiger partial charge in [0.1, 0.15) is 0 Å². The molecule has 9 heteroatoms. The Morgan fingerprint density at radius 2 is 1.92 bits per heavy atom. The summed E-state index contributed by atoms with van der Waals surface area (Å²) in [6, 6.07) is 2.66. The average Bonchev–Trinajstić information content (AvgIpc) is 2.46. The summed E-state index contributed by atoms with van der Waals surface area (Å²) in [5.41, 5.74) is 4.53. The van der Waals surface area contributed by atoms with Gasteiger partial charge >= 0.3 is 6.18 Å². The predicted octanol–water partition coefficient (Wildman–Crippen LogP) is 2.74. The van der Waals surface area contributed by atoms with Crippen LogP contribution in [0, 0.1) is 5.92 Å². The SMILES string of the molecule is CC(N)C(C)C(=O)N(C)CC(=O)Nc1ccc(Cl)c(C(F)(F)F)c1. The minimum absolute atomic E-state index is 0.0576. The highest BCUT2D eigenvalue weighted by Gasteiger charge is 2.33. The van der Waals surface area contributed by atoms with E-state index < -0.39 is 28.6 Å². The summed E-state index contributed by atoms with van der Waals surface area (Å²) in [6.07, 6.45) is -4.63. The lowest BCUT2D eigenvalue weighted by Crippen LogP contribution is -2.42. The number of nitrogens with one attached hydrogen (secondary N) is 1. The van der Waals surface area contributed by atoms with Crippen molar-refractivity contribution in [1.29, 1.82) is 0 Å². The molecule has 0 fully saturated rings. The summed E-state index contributed by atoms with van der Waals surface area (Å²) in [6.45, 7) is 3.00. The third kappa shape index (κ3) is 5.38. The quantitative estimate of drug-likeness (QED) is 0.842. The minimum Gasteiger partial charge on any atom is -0.336 e. The van der Waals surface area contributed by atoms with Gasteiger partial charge in [-0.25, -0.2) is 0 Å². The van der Waals surface area contributed by atoms with Crippen LogP contribution in [0.5, 0.6) is 0 Å². The van der Waals surface area contributed by atoms with Crippen molar-refractivity contribution < 1.29 is 22.8 Å². The van der Waals surface area contributed by atoms with Crippen LogP contribution in [0.15, 0.2) is 18.2 Å². The number of alkyl halides is 3. The molecule has 3 N–H and O–H groups in total. The Kier molecular flexibility index (Phi) is 6.62. The second-order valence-corrected chi connectivity index (χ2v) is 5.99. The maximum absolute atomic E-state index is 12.8. The molecule has 0 saturated carbocycles. The van der Waals surface area contributed by atoms with Crippen LogP contribution in [0.3, 0.4) is 0 Å². The van der Waals surface area contributed by atoms with E-state index in [-0.39, 0.29) is 24.2 Å². The molecule has 134 valence electrons. The molecule has 2 atom stereocenters. The van der Waals surface area contributed by atoms with Crippen molar-refractivity contribution in [1.82, 2.24) is 4.90 Å². The fourth-order valence-electron chi connectivity index (χ4n) is 1.89.